The van der Waals surface area contributed by atoms with Crippen molar-refractivity contribution in [1.82, 2.24) is 0 Å². The molecule has 0 saturated carbocycles. The lowest BCUT2D eigenvalue weighted by Crippen LogP contribution is -2.30. The molecule has 0 aromatic carbocycles. The number of esters is 3. The third-order valence-electron chi connectivity index (χ3n) is 12.0. The van der Waals surface area contributed by atoms with Crippen molar-refractivity contribution < 1.29 is 28.6 Å². The van der Waals surface area contributed by atoms with Crippen LogP contribution in [-0.2, 0) is 28.6 Å². The van der Waals surface area contributed by atoms with E-state index >= 15 is 0 Å². The van der Waals surface area contributed by atoms with Crippen molar-refractivity contribution in [2.75, 3.05) is 13.2 Å². The van der Waals surface area contributed by atoms with E-state index in [1.54, 1.807) is 0 Å². The fraction of sp³-hybridized carbons (Fsp3) is 0.780. The van der Waals surface area contributed by atoms with Crippen molar-refractivity contribution in [2.45, 2.75) is 284 Å². The summed E-state index contributed by atoms with van der Waals surface area (Å²) in [6.45, 7) is 6.43. The van der Waals surface area contributed by atoms with Crippen molar-refractivity contribution in [2.24, 2.45) is 0 Å². The minimum absolute atomic E-state index is 0.0794. The Balaban J connectivity index is 4.34. The van der Waals surface area contributed by atoms with Crippen LogP contribution < -0.4 is 0 Å². The predicted octanol–water partition coefficient (Wildman–Crippen LogP) is 18.4. The molecular formula is C59H104O6. The molecule has 0 bridgehead atoms. The maximum Gasteiger partial charge on any atom is 0.306 e. The molecule has 0 aromatic rings. The molecule has 0 aliphatic heterocycles. The molecule has 0 aromatic heterocycles. The molecule has 1 unspecified atom stereocenters. The van der Waals surface area contributed by atoms with Crippen LogP contribution in [0.1, 0.15) is 278 Å². The van der Waals surface area contributed by atoms with Crippen LogP contribution in [0.5, 0.6) is 0 Å². The predicted molar refractivity (Wildman–Crippen MR) is 279 cm³/mol. The van der Waals surface area contributed by atoms with Crippen molar-refractivity contribution in [3.63, 3.8) is 0 Å². The minimum Gasteiger partial charge on any atom is -0.462 e. The van der Waals surface area contributed by atoms with Crippen LogP contribution in [-0.4, -0.2) is 37.2 Å². The van der Waals surface area contributed by atoms with Gasteiger partial charge in [0, 0.05) is 19.3 Å². The van der Waals surface area contributed by atoms with Crippen LogP contribution in [0.3, 0.4) is 0 Å². The molecule has 1 atom stereocenters. The summed E-state index contributed by atoms with van der Waals surface area (Å²) in [7, 11) is 0. The van der Waals surface area contributed by atoms with Gasteiger partial charge in [-0.3, -0.25) is 14.4 Å². The highest BCUT2D eigenvalue weighted by Gasteiger charge is 2.19. The zero-order valence-corrected chi connectivity index (χ0v) is 43.0. The van der Waals surface area contributed by atoms with Crippen LogP contribution in [0.4, 0.5) is 0 Å². The van der Waals surface area contributed by atoms with E-state index in [1.807, 2.05) is 0 Å². The second-order valence-electron chi connectivity index (χ2n) is 18.4. The lowest BCUT2D eigenvalue weighted by molar-refractivity contribution is -0.167. The number of carbonyl (C=O) groups is 3. The number of hydrogen-bond acceptors (Lipinski definition) is 6. The monoisotopic (exact) mass is 909 g/mol. The smallest absolute Gasteiger partial charge is 0.306 e. The van der Waals surface area contributed by atoms with Gasteiger partial charge in [0.15, 0.2) is 6.10 Å². The number of unbranched alkanes of at least 4 members (excludes halogenated alkanes) is 29. The Hall–Kier alpha value is -2.89. The molecule has 0 aliphatic rings. The normalized spacial score (nSPS) is 12.5. The van der Waals surface area contributed by atoms with Crippen molar-refractivity contribution in [3.8, 4) is 0 Å². The van der Waals surface area contributed by atoms with Gasteiger partial charge in [-0.05, 0) is 77.0 Å². The first-order valence-electron chi connectivity index (χ1n) is 27.8. The SMILES string of the molecule is CC/C=C\C/C=C\C/C=C\CCCCCCCCCCCC(=O)OCC(COC(=O)CCCCCCC/C=C\C/C=C\CC)OC(=O)CCCCCCCCCCCCCCCCCC. The first-order valence-corrected chi connectivity index (χ1v) is 27.8. The van der Waals surface area contributed by atoms with Crippen LogP contribution in [0, 0.1) is 0 Å². The van der Waals surface area contributed by atoms with E-state index in [4.69, 9.17) is 14.2 Å². The molecule has 0 radical (unpaired) electrons. The van der Waals surface area contributed by atoms with Gasteiger partial charge >= 0.3 is 17.9 Å². The van der Waals surface area contributed by atoms with Gasteiger partial charge in [-0.2, -0.15) is 0 Å². The zero-order chi connectivity index (χ0) is 47.2. The molecule has 0 amide bonds. The Labute approximate surface area is 402 Å². The Bertz CT molecular complexity index is 1180. The summed E-state index contributed by atoms with van der Waals surface area (Å²) in [5.74, 6) is -0.889. The summed E-state index contributed by atoms with van der Waals surface area (Å²) in [4.78, 5) is 38.1. The van der Waals surface area contributed by atoms with Gasteiger partial charge in [-0.15, -0.1) is 0 Å². The molecule has 6 heteroatoms. The van der Waals surface area contributed by atoms with Crippen LogP contribution >= 0.6 is 0 Å². The van der Waals surface area contributed by atoms with Crippen LogP contribution in [0.15, 0.2) is 60.8 Å². The third-order valence-corrected chi connectivity index (χ3v) is 12.0. The van der Waals surface area contributed by atoms with E-state index in [-0.39, 0.29) is 31.1 Å². The fourth-order valence-corrected chi connectivity index (χ4v) is 7.91. The van der Waals surface area contributed by atoms with Gasteiger partial charge < -0.3 is 14.2 Å². The number of rotatable bonds is 50. The van der Waals surface area contributed by atoms with E-state index < -0.39 is 6.10 Å². The molecule has 0 N–H and O–H groups in total. The minimum atomic E-state index is -0.780. The summed E-state index contributed by atoms with van der Waals surface area (Å²) in [5, 5.41) is 0. The summed E-state index contributed by atoms with van der Waals surface area (Å²) in [6, 6.07) is 0. The molecule has 376 valence electrons. The summed E-state index contributed by atoms with van der Waals surface area (Å²) >= 11 is 0. The third kappa shape index (κ3) is 51.9. The van der Waals surface area contributed by atoms with Crippen molar-refractivity contribution >= 4 is 17.9 Å². The fourth-order valence-electron chi connectivity index (χ4n) is 7.91. The van der Waals surface area contributed by atoms with Crippen LogP contribution in [0.2, 0.25) is 0 Å². The number of carbonyl (C=O) groups excluding carboxylic acids is 3. The lowest BCUT2D eigenvalue weighted by atomic mass is 10.0. The maximum atomic E-state index is 12.8. The molecular weight excluding hydrogens is 805 g/mol. The van der Waals surface area contributed by atoms with Crippen molar-refractivity contribution in [3.05, 3.63) is 60.8 Å². The average molecular weight is 909 g/mol. The largest absolute Gasteiger partial charge is 0.462 e. The first-order chi connectivity index (χ1) is 32.0. The zero-order valence-electron chi connectivity index (χ0n) is 43.0. The van der Waals surface area contributed by atoms with Gasteiger partial charge in [-0.1, -0.05) is 242 Å². The highest BCUT2D eigenvalue weighted by atomic mass is 16.6. The molecule has 65 heavy (non-hydrogen) atoms. The topological polar surface area (TPSA) is 78.9 Å². The average Bonchev–Trinajstić information content (AvgIpc) is 3.30. The van der Waals surface area contributed by atoms with Gasteiger partial charge in [0.2, 0.25) is 0 Å². The highest BCUT2D eigenvalue weighted by molar-refractivity contribution is 5.71. The first kappa shape index (κ1) is 62.1. The van der Waals surface area contributed by atoms with Gasteiger partial charge in [0.1, 0.15) is 13.2 Å². The molecule has 0 saturated heterocycles. The van der Waals surface area contributed by atoms with Crippen LogP contribution in [0.25, 0.3) is 0 Å². The molecule has 0 fully saturated rings. The molecule has 6 nitrogen and oxygen atoms in total. The molecule has 0 spiro atoms. The summed E-state index contributed by atoms with van der Waals surface area (Å²) in [5.41, 5.74) is 0. The molecule has 0 aliphatic carbocycles. The second kappa shape index (κ2) is 53.7. The number of ether oxygens (including phenoxy) is 3. The van der Waals surface area contributed by atoms with E-state index in [2.05, 4.69) is 81.5 Å². The standard InChI is InChI=1S/C59H104O6/c1-4-7-10-13-16-19-22-25-27-29-30-31-33-34-37-40-43-46-49-52-58(61)64-55-56(54-63-57(60)51-48-45-42-39-36-24-21-18-15-12-9-6-3)65-59(62)53-50-47-44-41-38-35-32-28-26-23-20-17-14-11-8-5-2/h7,9-10,12,16,18-19,21,25,27,56H,4-6,8,11,13-15,17,20,22-24,26,28-55H2,1-3H3/b10-7-,12-9-,19-16-,21-18-,27-25-. The summed E-state index contributed by atoms with van der Waals surface area (Å²) in [6.07, 6.45) is 66.4. The van der Waals surface area contributed by atoms with Gasteiger partial charge in [-0.25, -0.2) is 0 Å². The highest BCUT2D eigenvalue weighted by Crippen LogP contribution is 2.16. The van der Waals surface area contributed by atoms with Gasteiger partial charge in [0.25, 0.3) is 0 Å². The quantitative estimate of drug-likeness (QED) is 0.0262. The number of allylic oxidation sites excluding steroid dienone is 10. The Morgan fingerprint density at radius 2 is 0.600 bits per heavy atom. The Morgan fingerprint density at radius 1 is 0.323 bits per heavy atom. The molecule has 0 heterocycles. The van der Waals surface area contributed by atoms with Crippen molar-refractivity contribution in [1.29, 1.82) is 0 Å². The molecule has 0 rings (SSSR count). The summed E-state index contributed by atoms with van der Waals surface area (Å²) < 4.78 is 16.8. The van der Waals surface area contributed by atoms with E-state index in [0.717, 1.165) is 103 Å². The van der Waals surface area contributed by atoms with E-state index in [0.29, 0.717) is 19.3 Å². The lowest BCUT2D eigenvalue weighted by Gasteiger charge is -2.18. The Morgan fingerprint density at radius 3 is 0.938 bits per heavy atom. The van der Waals surface area contributed by atoms with E-state index in [1.165, 1.54) is 135 Å². The Kier molecular flexibility index (Phi) is 51.3. The second-order valence-corrected chi connectivity index (χ2v) is 18.4. The van der Waals surface area contributed by atoms with E-state index in [9.17, 15) is 14.4 Å². The van der Waals surface area contributed by atoms with Gasteiger partial charge in [0.05, 0.1) is 0 Å². The maximum absolute atomic E-state index is 12.8. The number of hydrogen-bond donors (Lipinski definition) is 0.